The Bertz CT molecular complexity index is 601. The molecule has 0 bridgehead atoms. The minimum Gasteiger partial charge on any atom is -0.462 e. The van der Waals surface area contributed by atoms with Gasteiger partial charge < -0.3 is 9.84 Å². The molecule has 0 saturated heterocycles. The summed E-state index contributed by atoms with van der Waals surface area (Å²) >= 11 is 0. The molecule has 0 heterocycles. The second-order valence-electron chi connectivity index (χ2n) is 9.69. The number of Topliss-reactive ketones (excluding diaryl/α,β-unsaturated/α-hetero) is 1. The molecule has 4 heteroatoms. The molecule has 4 saturated carbocycles. The van der Waals surface area contributed by atoms with E-state index in [2.05, 4.69) is 13.8 Å². The van der Waals surface area contributed by atoms with Gasteiger partial charge in [-0.2, -0.15) is 0 Å². The number of ether oxygens (including phenoxy) is 1. The fraction of sp³-hybridized carbons (Fsp3) is 0.905. The van der Waals surface area contributed by atoms with Crippen molar-refractivity contribution in [3.05, 3.63) is 0 Å². The standard InChI is InChI=1S/C21H32O4/c1-13(22)25-18-7-6-15-14-8-12-21(24)17(23)5-4-10-20(21,3)16(14)9-11-19(15,18)2/h14-16,18,24H,4-12H2,1-3H3. The van der Waals surface area contributed by atoms with Gasteiger partial charge in [0, 0.05) is 24.2 Å². The van der Waals surface area contributed by atoms with E-state index in [0.717, 1.165) is 44.9 Å². The summed E-state index contributed by atoms with van der Waals surface area (Å²) in [4.78, 5) is 24.1. The molecular weight excluding hydrogens is 316 g/mol. The summed E-state index contributed by atoms with van der Waals surface area (Å²) in [6, 6.07) is 0. The lowest BCUT2D eigenvalue weighted by Gasteiger charge is -2.62. The van der Waals surface area contributed by atoms with Crippen LogP contribution in [0.5, 0.6) is 0 Å². The number of hydrogen-bond acceptors (Lipinski definition) is 4. The van der Waals surface area contributed by atoms with Crippen LogP contribution < -0.4 is 0 Å². The van der Waals surface area contributed by atoms with E-state index in [1.165, 1.54) is 6.92 Å². The smallest absolute Gasteiger partial charge is 0.302 e. The zero-order valence-corrected chi connectivity index (χ0v) is 15.8. The SMILES string of the molecule is CC(=O)OC1CCC2C3CCC4(O)C(=O)CCCC4(C)C3CCC12C. The molecule has 4 nitrogen and oxygen atoms in total. The Morgan fingerprint density at radius 2 is 1.84 bits per heavy atom. The minimum absolute atomic E-state index is 0.0394. The maximum atomic E-state index is 12.6. The molecule has 0 spiro atoms. The van der Waals surface area contributed by atoms with Crippen LogP contribution in [0.3, 0.4) is 0 Å². The van der Waals surface area contributed by atoms with Crippen LogP contribution in [-0.2, 0) is 14.3 Å². The Kier molecular flexibility index (Phi) is 3.89. The number of fused-ring (bicyclic) bond motifs is 5. The molecule has 0 aromatic rings. The van der Waals surface area contributed by atoms with Crippen molar-refractivity contribution in [2.24, 2.45) is 28.6 Å². The van der Waals surface area contributed by atoms with Crippen molar-refractivity contribution in [1.29, 1.82) is 0 Å². The molecule has 7 unspecified atom stereocenters. The summed E-state index contributed by atoms with van der Waals surface area (Å²) in [6.07, 6.45) is 8.17. The quantitative estimate of drug-likeness (QED) is 0.735. The first-order valence-electron chi connectivity index (χ1n) is 10.2. The molecule has 4 aliphatic rings. The number of aliphatic hydroxyl groups is 1. The Labute approximate surface area is 150 Å². The monoisotopic (exact) mass is 348 g/mol. The molecule has 4 fully saturated rings. The first kappa shape index (κ1) is 17.5. The van der Waals surface area contributed by atoms with Gasteiger partial charge in [0.05, 0.1) is 0 Å². The minimum atomic E-state index is -1.10. The first-order chi connectivity index (χ1) is 11.7. The zero-order valence-electron chi connectivity index (χ0n) is 15.8. The van der Waals surface area contributed by atoms with Crippen molar-refractivity contribution in [2.45, 2.75) is 90.3 Å². The largest absolute Gasteiger partial charge is 0.462 e. The molecule has 140 valence electrons. The Hall–Kier alpha value is -0.900. The fourth-order valence-electron chi connectivity index (χ4n) is 7.47. The number of hydrogen-bond donors (Lipinski definition) is 1. The van der Waals surface area contributed by atoms with Crippen molar-refractivity contribution in [2.75, 3.05) is 0 Å². The van der Waals surface area contributed by atoms with Gasteiger partial charge in [-0.1, -0.05) is 13.8 Å². The summed E-state index contributed by atoms with van der Waals surface area (Å²) in [6.45, 7) is 6.00. The molecular formula is C21H32O4. The van der Waals surface area contributed by atoms with Crippen molar-refractivity contribution in [3.8, 4) is 0 Å². The van der Waals surface area contributed by atoms with Gasteiger partial charge >= 0.3 is 5.97 Å². The highest BCUT2D eigenvalue weighted by atomic mass is 16.5. The average molecular weight is 348 g/mol. The van der Waals surface area contributed by atoms with Crippen LogP contribution in [0.2, 0.25) is 0 Å². The van der Waals surface area contributed by atoms with Crippen molar-refractivity contribution < 1.29 is 19.4 Å². The molecule has 4 aliphatic carbocycles. The van der Waals surface area contributed by atoms with Crippen LogP contribution in [0.15, 0.2) is 0 Å². The van der Waals surface area contributed by atoms with Gasteiger partial charge in [0.2, 0.25) is 0 Å². The van der Waals surface area contributed by atoms with Gasteiger partial charge in [0.1, 0.15) is 11.7 Å². The lowest BCUT2D eigenvalue weighted by atomic mass is 9.43. The number of esters is 1. The summed E-state index contributed by atoms with van der Waals surface area (Å²) in [5.74, 6) is 1.43. The van der Waals surface area contributed by atoms with Crippen LogP contribution in [0.25, 0.3) is 0 Å². The Morgan fingerprint density at radius 1 is 1.08 bits per heavy atom. The molecule has 0 radical (unpaired) electrons. The summed E-state index contributed by atoms with van der Waals surface area (Å²) in [7, 11) is 0. The molecule has 0 aliphatic heterocycles. The second-order valence-corrected chi connectivity index (χ2v) is 9.69. The topological polar surface area (TPSA) is 63.6 Å². The first-order valence-corrected chi connectivity index (χ1v) is 10.2. The molecule has 0 aromatic heterocycles. The molecule has 4 rings (SSSR count). The molecule has 0 aromatic carbocycles. The van der Waals surface area contributed by atoms with E-state index < -0.39 is 5.60 Å². The van der Waals surface area contributed by atoms with Crippen LogP contribution in [0.1, 0.15) is 78.6 Å². The van der Waals surface area contributed by atoms with Gasteiger partial charge in [-0.05, 0) is 69.1 Å². The molecule has 7 atom stereocenters. The van der Waals surface area contributed by atoms with Gasteiger partial charge in [-0.15, -0.1) is 0 Å². The summed E-state index contributed by atoms with van der Waals surface area (Å²) < 4.78 is 5.69. The van der Waals surface area contributed by atoms with E-state index in [-0.39, 0.29) is 28.7 Å². The van der Waals surface area contributed by atoms with E-state index in [4.69, 9.17) is 4.74 Å². The van der Waals surface area contributed by atoms with E-state index >= 15 is 0 Å². The van der Waals surface area contributed by atoms with Crippen LogP contribution in [-0.4, -0.2) is 28.6 Å². The van der Waals surface area contributed by atoms with Gasteiger partial charge in [0.25, 0.3) is 0 Å². The number of ketones is 1. The van der Waals surface area contributed by atoms with Crippen molar-refractivity contribution >= 4 is 11.8 Å². The third-order valence-corrected chi connectivity index (χ3v) is 8.82. The molecule has 0 amide bonds. The predicted octanol–water partition coefficient (Wildman–Crippen LogP) is 3.64. The third kappa shape index (κ3) is 2.22. The van der Waals surface area contributed by atoms with Crippen LogP contribution in [0.4, 0.5) is 0 Å². The van der Waals surface area contributed by atoms with Crippen molar-refractivity contribution in [1.82, 2.24) is 0 Å². The van der Waals surface area contributed by atoms with E-state index in [9.17, 15) is 14.7 Å². The lowest BCUT2D eigenvalue weighted by molar-refractivity contribution is -0.206. The normalized spacial score (nSPS) is 52.1. The van der Waals surface area contributed by atoms with Crippen LogP contribution in [0, 0.1) is 28.6 Å². The molecule has 25 heavy (non-hydrogen) atoms. The second kappa shape index (κ2) is 5.55. The molecule has 1 N–H and O–H groups in total. The third-order valence-electron chi connectivity index (χ3n) is 8.82. The average Bonchev–Trinajstić information content (AvgIpc) is 2.86. The fourth-order valence-corrected chi connectivity index (χ4v) is 7.47. The maximum absolute atomic E-state index is 12.6. The summed E-state index contributed by atoms with van der Waals surface area (Å²) in [5.41, 5.74) is -1.31. The maximum Gasteiger partial charge on any atom is 0.302 e. The highest BCUT2D eigenvalue weighted by Gasteiger charge is 2.66. The van der Waals surface area contributed by atoms with E-state index in [1.54, 1.807) is 0 Å². The van der Waals surface area contributed by atoms with Gasteiger partial charge in [-0.3, -0.25) is 9.59 Å². The van der Waals surface area contributed by atoms with Crippen LogP contribution >= 0.6 is 0 Å². The van der Waals surface area contributed by atoms with Gasteiger partial charge in [-0.25, -0.2) is 0 Å². The van der Waals surface area contributed by atoms with Crippen molar-refractivity contribution in [3.63, 3.8) is 0 Å². The van der Waals surface area contributed by atoms with E-state index in [0.29, 0.717) is 30.6 Å². The number of carbonyl (C=O) groups is 2. The predicted molar refractivity (Wildman–Crippen MR) is 93.7 cm³/mol. The Morgan fingerprint density at radius 3 is 2.56 bits per heavy atom. The number of carbonyl (C=O) groups excluding carboxylic acids is 2. The summed E-state index contributed by atoms with van der Waals surface area (Å²) in [5, 5.41) is 11.3. The number of rotatable bonds is 1. The Balaban J connectivity index is 1.64. The van der Waals surface area contributed by atoms with E-state index in [1.807, 2.05) is 0 Å². The highest BCUT2D eigenvalue weighted by molar-refractivity contribution is 5.89. The highest BCUT2D eigenvalue weighted by Crippen LogP contribution is 2.67. The lowest BCUT2D eigenvalue weighted by Crippen LogP contribution is -2.65. The van der Waals surface area contributed by atoms with Gasteiger partial charge in [0.15, 0.2) is 5.78 Å². The zero-order chi connectivity index (χ0) is 18.0.